The van der Waals surface area contributed by atoms with Crippen LogP contribution in [0.15, 0.2) is 0 Å². The molecule has 32 valence electrons. The van der Waals surface area contributed by atoms with Gasteiger partial charge in [-0.05, 0) is 0 Å². The van der Waals surface area contributed by atoms with Gasteiger partial charge in [-0.1, -0.05) is 0 Å². The van der Waals surface area contributed by atoms with Crippen molar-refractivity contribution in [1.29, 1.82) is 4.78 Å². The van der Waals surface area contributed by atoms with Gasteiger partial charge >= 0.3 is 10.5 Å². The summed E-state index contributed by atoms with van der Waals surface area (Å²) in [5.41, 5.74) is 0. The van der Waals surface area contributed by atoms with Crippen molar-refractivity contribution >= 4 is 22.9 Å². The predicted molar refractivity (Wildman–Crippen MR) is 18.9 cm³/mol. The first kappa shape index (κ1) is 8.86. The molecule has 0 aromatic rings. The SMILES string of the molecule is Cl.N=S(=O)=O. The molecular weight excluding hydrogens is 114 g/mol. The molecule has 0 radical (unpaired) electrons. The van der Waals surface area contributed by atoms with Gasteiger partial charge in [-0.15, -0.1) is 12.4 Å². The van der Waals surface area contributed by atoms with Crippen molar-refractivity contribution in [2.24, 2.45) is 0 Å². The smallest absolute Gasteiger partial charge is 0.188 e. The molecule has 0 bridgehead atoms. The lowest BCUT2D eigenvalue weighted by atomic mass is 14.0. The summed E-state index contributed by atoms with van der Waals surface area (Å²) in [5.74, 6) is 0. The minimum absolute atomic E-state index is 0. The molecular formula is H2ClNO2S. The van der Waals surface area contributed by atoms with Crippen LogP contribution in [0.5, 0.6) is 0 Å². The van der Waals surface area contributed by atoms with Gasteiger partial charge in [-0.2, -0.15) is 13.2 Å². The van der Waals surface area contributed by atoms with Gasteiger partial charge in [0.15, 0.2) is 0 Å². The molecule has 0 atom stereocenters. The van der Waals surface area contributed by atoms with Crippen LogP contribution in [0, 0.1) is 4.78 Å². The molecule has 5 heavy (non-hydrogen) atoms. The monoisotopic (exact) mass is 115 g/mol. The zero-order valence-corrected chi connectivity index (χ0v) is 3.77. The van der Waals surface area contributed by atoms with E-state index in [2.05, 4.69) is 0 Å². The molecule has 0 amide bonds. The van der Waals surface area contributed by atoms with Gasteiger partial charge in [0, 0.05) is 0 Å². The van der Waals surface area contributed by atoms with Gasteiger partial charge in [-0.25, -0.2) is 0 Å². The zero-order chi connectivity index (χ0) is 3.58. The molecule has 0 saturated carbocycles. The van der Waals surface area contributed by atoms with Gasteiger partial charge in [0.2, 0.25) is 0 Å². The van der Waals surface area contributed by atoms with E-state index in [1.807, 2.05) is 0 Å². The Bertz CT molecular complexity index is 79.0. The van der Waals surface area contributed by atoms with E-state index in [0.29, 0.717) is 0 Å². The highest BCUT2D eigenvalue weighted by Crippen LogP contribution is 1.15. The van der Waals surface area contributed by atoms with E-state index in [0.717, 1.165) is 0 Å². The summed E-state index contributed by atoms with van der Waals surface area (Å²) in [4.78, 5) is 0. The number of hydrogen-bond donors (Lipinski definition) is 1. The summed E-state index contributed by atoms with van der Waals surface area (Å²) >= 11 is 0. The van der Waals surface area contributed by atoms with Crippen molar-refractivity contribution in [2.45, 2.75) is 0 Å². The standard InChI is InChI=1S/ClH.HNO2S/c;1-4(2)3/h1H;1H. The second-order valence-electron chi connectivity index (χ2n) is 0.235. The van der Waals surface area contributed by atoms with Crippen LogP contribution in [0.25, 0.3) is 0 Å². The third-order valence-electron chi connectivity index (χ3n) is 0. The fraction of sp³-hybridized carbons (Fsp3) is 0. The number of halogens is 1. The molecule has 0 aromatic carbocycles. The lowest BCUT2D eigenvalue weighted by Crippen LogP contribution is -1.34. The van der Waals surface area contributed by atoms with Crippen LogP contribution in [-0.2, 0) is 10.5 Å². The molecule has 0 aromatic heterocycles. The second-order valence-corrected chi connectivity index (χ2v) is 0.704. The van der Waals surface area contributed by atoms with Crippen LogP contribution in [-0.4, -0.2) is 8.42 Å². The Morgan fingerprint density at radius 3 is 1.40 bits per heavy atom. The Balaban J connectivity index is 0. The zero-order valence-electron chi connectivity index (χ0n) is 2.13. The molecule has 0 heterocycles. The van der Waals surface area contributed by atoms with Gasteiger partial charge in [0.05, 0.1) is 0 Å². The molecule has 5 heteroatoms. The maximum Gasteiger partial charge on any atom is 0.308 e. The summed E-state index contributed by atoms with van der Waals surface area (Å²) in [6, 6.07) is 0. The van der Waals surface area contributed by atoms with Crippen LogP contribution in [0.3, 0.4) is 0 Å². The quantitative estimate of drug-likeness (QED) is 0.485. The Labute approximate surface area is 36.9 Å². The molecule has 0 spiro atoms. The van der Waals surface area contributed by atoms with E-state index in [1.54, 1.807) is 0 Å². The number of hydrogen-bond acceptors (Lipinski definition) is 3. The normalized spacial score (nSPS) is 4.80. The molecule has 0 saturated heterocycles. The van der Waals surface area contributed by atoms with E-state index >= 15 is 0 Å². The van der Waals surface area contributed by atoms with E-state index in [9.17, 15) is 0 Å². The number of nitrogens with one attached hydrogen (secondary N) is 1. The van der Waals surface area contributed by atoms with Crippen LogP contribution in [0.1, 0.15) is 0 Å². The average molecular weight is 116 g/mol. The summed E-state index contributed by atoms with van der Waals surface area (Å²) in [5, 5.41) is 0. The minimum Gasteiger partial charge on any atom is -0.188 e. The van der Waals surface area contributed by atoms with Crippen molar-refractivity contribution in [1.82, 2.24) is 0 Å². The van der Waals surface area contributed by atoms with Crippen LogP contribution >= 0.6 is 12.4 Å². The fourth-order valence-electron chi connectivity index (χ4n) is 0. The first-order valence-electron chi connectivity index (χ1n) is 0.537. The van der Waals surface area contributed by atoms with E-state index < -0.39 is 10.5 Å². The lowest BCUT2D eigenvalue weighted by Gasteiger charge is -1.18. The second kappa shape index (κ2) is 3.91. The van der Waals surface area contributed by atoms with E-state index in [1.165, 1.54) is 0 Å². The first-order valence-corrected chi connectivity index (χ1v) is 1.61. The van der Waals surface area contributed by atoms with Crippen LogP contribution in [0.4, 0.5) is 0 Å². The van der Waals surface area contributed by atoms with Crippen molar-refractivity contribution in [3.8, 4) is 0 Å². The molecule has 0 aliphatic carbocycles. The molecule has 0 unspecified atom stereocenters. The van der Waals surface area contributed by atoms with Gasteiger partial charge in [0.1, 0.15) is 0 Å². The average Bonchev–Trinajstić information content (AvgIpc) is 0.811. The van der Waals surface area contributed by atoms with Gasteiger partial charge in [-0.3, -0.25) is 0 Å². The van der Waals surface area contributed by atoms with Gasteiger partial charge in [0.25, 0.3) is 0 Å². The Morgan fingerprint density at radius 1 is 1.40 bits per heavy atom. The van der Waals surface area contributed by atoms with Crippen molar-refractivity contribution < 1.29 is 8.42 Å². The largest absolute Gasteiger partial charge is 0.308 e. The highest BCUT2D eigenvalue weighted by Gasteiger charge is 1.32. The van der Waals surface area contributed by atoms with Crippen LogP contribution in [0.2, 0.25) is 0 Å². The Hall–Kier alpha value is -0.0900. The summed E-state index contributed by atoms with van der Waals surface area (Å²) in [7, 11) is -2.61. The molecule has 3 nitrogen and oxygen atoms in total. The van der Waals surface area contributed by atoms with E-state index in [4.69, 9.17) is 13.2 Å². The highest BCUT2D eigenvalue weighted by atomic mass is 35.5. The maximum atomic E-state index is 8.67. The lowest BCUT2D eigenvalue weighted by molar-refractivity contribution is 0.620. The van der Waals surface area contributed by atoms with Crippen molar-refractivity contribution in [2.75, 3.05) is 0 Å². The van der Waals surface area contributed by atoms with E-state index in [-0.39, 0.29) is 12.4 Å². The molecule has 1 N–H and O–H groups in total. The third kappa shape index (κ3) is 1760. The van der Waals surface area contributed by atoms with Gasteiger partial charge < -0.3 is 0 Å². The van der Waals surface area contributed by atoms with Crippen LogP contribution < -0.4 is 0 Å². The Kier molecular flexibility index (Phi) is 6.93. The topological polar surface area (TPSA) is 58.0 Å². The fourth-order valence-corrected chi connectivity index (χ4v) is 0. The first-order chi connectivity index (χ1) is 1.73. The summed E-state index contributed by atoms with van der Waals surface area (Å²) in [6.07, 6.45) is 0. The molecule has 0 rings (SSSR count). The van der Waals surface area contributed by atoms with Crippen molar-refractivity contribution in [3.63, 3.8) is 0 Å². The third-order valence-corrected chi connectivity index (χ3v) is 0. The molecule has 0 fully saturated rings. The maximum absolute atomic E-state index is 8.67. The molecule has 0 aliphatic rings. The summed E-state index contributed by atoms with van der Waals surface area (Å²) in [6.45, 7) is 0. The Morgan fingerprint density at radius 2 is 1.40 bits per heavy atom. The molecule has 0 aliphatic heterocycles. The minimum atomic E-state index is -2.61. The predicted octanol–water partition coefficient (Wildman–Crippen LogP) is 0.0497. The van der Waals surface area contributed by atoms with Crippen molar-refractivity contribution in [3.05, 3.63) is 0 Å². The highest BCUT2D eigenvalue weighted by molar-refractivity contribution is 7.60. The summed E-state index contributed by atoms with van der Waals surface area (Å²) < 4.78 is 22.8. The number of rotatable bonds is 0.